The molecule has 0 aliphatic carbocycles. The van der Waals surface area contributed by atoms with Gasteiger partial charge in [-0.1, -0.05) is 12.1 Å². The average Bonchev–Trinajstić information content (AvgIpc) is 2.77. The normalized spacial score (nSPS) is 16.6. The van der Waals surface area contributed by atoms with Gasteiger partial charge < -0.3 is 19.7 Å². The largest absolute Gasteiger partial charge is 0.491 e. The lowest BCUT2D eigenvalue weighted by Crippen LogP contribution is -2.28. The Morgan fingerprint density at radius 1 is 1.19 bits per heavy atom. The monoisotopic (exact) mass is 292 g/mol. The molecule has 1 aliphatic rings. The van der Waals surface area contributed by atoms with Crippen LogP contribution in [0.25, 0.3) is 0 Å². The van der Waals surface area contributed by atoms with Gasteiger partial charge in [-0.2, -0.15) is 0 Å². The minimum Gasteiger partial charge on any atom is -0.491 e. The summed E-state index contributed by atoms with van der Waals surface area (Å²) in [4.78, 5) is 2.41. The number of hydrogen-bond donors (Lipinski definition) is 1. The van der Waals surface area contributed by atoms with Crippen LogP contribution in [-0.4, -0.2) is 45.5 Å². The standard InChI is InChI=1S/C17H28N2O2/c1-17(2,20-3)9-14-21-16-8-5-4-7-15(16)19-12-6-10-18-11-13-19/h4-5,7-8,18H,6,9-14H2,1-3H3. The Labute approximate surface area is 128 Å². The first-order valence-electron chi connectivity index (χ1n) is 7.85. The van der Waals surface area contributed by atoms with E-state index >= 15 is 0 Å². The summed E-state index contributed by atoms with van der Waals surface area (Å²) in [7, 11) is 1.75. The zero-order chi connectivity index (χ0) is 15.1. The molecule has 0 aromatic heterocycles. The van der Waals surface area contributed by atoms with Crippen LogP contribution in [0.2, 0.25) is 0 Å². The van der Waals surface area contributed by atoms with E-state index in [1.165, 1.54) is 12.1 Å². The summed E-state index contributed by atoms with van der Waals surface area (Å²) in [6, 6.07) is 8.34. The Bertz CT molecular complexity index is 427. The van der Waals surface area contributed by atoms with Crippen LogP contribution in [0.15, 0.2) is 24.3 Å². The lowest BCUT2D eigenvalue weighted by atomic mass is 10.1. The van der Waals surface area contributed by atoms with E-state index in [1.807, 2.05) is 6.07 Å². The van der Waals surface area contributed by atoms with Gasteiger partial charge in [-0.3, -0.25) is 0 Å². The maximum absolute atomic E-state index is 6.03. The van der Waals surface area contributed by atoms with Crippen molar-refractivity contribution < 1.29 is 9.47 Å². The zero-order valence-corrected chi connectivity index (χ0v) is 13.5. The third-order valence-electron chi connectivity index (χ3n) is 4.06. The van der Waals surface area contributed by atoms with E-state index < -0.39 is 0 Å². The van der Waals surface area contributed by atoms with Gasteiger partial charge in [-0.15, -0.1) is 0 Å². The van der Waals surface area contributed by atoms with Gasteiger partial charge in [0.05, 0.1) is 17.9 Å². The number of para-hydroxylation sites is 2. The molecule has 0 unspecified atom stereocenters. The lowest BCUT2D eigenvalue weighted by Gasteiger charge is -2.26. The Morgan fingerprint density at radius 3 is 2.81 bits per heavy atom. The number of nitrogens with one attached hydrogen (secondary N) is 1. The molecular formula is C17H28N2O2. The number of anilines is 1. The number of rotatable bonds is 6. The van der Waals surface area contributed by atoms with Gasteiger partial charge in [0.25, 0.3) is 0 Å². The molecule has 2 rings (SSSR count). The van der Waals surface area contributed by atoms with Gasteiger partial charge in [-0.25, -0.2) is 0 Å². The van der Waals surface area contributed by atoms with Crippen molar-refractivity contribution in [2.45, 2.75) is 32.3 Å². The minimum absolute atomic E-state index is 0.137. The summed E-state index contributed by atoms with van der Waals surface area (Å²) in [6.07, 6.45) is 2.05. The summed E-state index contributed by atoms with van der Waals surface area (Å²) in [5, 5.41) is 3.44. The van der Waals surface area contributed by atoms with Crippen molar-refractivity contribution in [3.8, 4) is 5.75 Å². The molecule has 0 amide bonds. The van der Waals surface area contributed by atoms with E-state index in [-0.39, 0.29) is 5.60 Å². The third-order valence-corrected chi connectivity index (χ3v) is 4.06. The van der Waals surface area contributed by atoms with E-state index in [4.69, 9.17) is 9.47 Å². The third kappa shape index (κ3) is 4.90. The molecule has 1 aliphatic heterocycles. The zero-order valence-electron chi connectivity index (χ0n) is 13.5. The summed E-state index contributed by atoms with van der Waals surface area (Å²) in [5.41, 5.74) is 1.07. The maximum Gasteiger partial charge on any atom is 0.142 e. The predicted octanol–water partition coefficient (Wildman–Crippen LogP) is 2.68. The fraction of sp³-hybridized carbons (Fsp3) is 0.647. The van der Waals surface area contributed by atoms with E-state index in [0.717, 1.165) is 38.3 Å². The number of benzene rings is 1. The van der Waals surface area contributed by atoms with Gasteiger partial charge >= 0.3 is 0 Å². The summed E-state index contributed by atoms with van der Waals surface area (Å²) in [6.45, 7) is 9.09. The van der Waals surface area contributed by atoms with Crippen LogP contribution in [0.1, 0.15) is 26.7 Å². The highest BCUT2D eigenvalue weighted by molar-refractivity contribution is 5.58. The van der Waals surface area contributed by atoms with Crippen LogP contribution in [0.5, 0.6) is 5.75 Å². The first kappa shape index (κ1) is 16.1. The SMILES string of the molecule is COC(C)(C)CCOc1ccccc1N1CCCNCC1. The molecule has 0 saturated carbocycles. The van der Waals surface area contributed by atoms with Crippen LogP contribution < -0.4 is 15.0 Å². The Kier molecular flexibility index (Phi) is 5.88. The van der Waals surface area contributed by atoms with Crippen molar-refractivity contribution in [3.63, 3.8) is 0 Å². The summed E-state index contributed by atoms with van der Waals surface area (Å²) in [5.74, 6) is 0.978. The Balaban J connectivity index is 1.99. The molecule has 4 nitrogen and oxygen atoms in total. The molecule has 118 valence electrons. The first-order valence-corrected chi connectivity index (χ1v) is 7.85. The molecule has 1 aromatic rings. The van der Waals surface area contributed by atoms with E-state index in [2.05, 4.69) is 42.3 Å². The number of hydrogen-bond acceptors (Lipinski definition) is 4. The van der Waals surface area contributed by atoms with Crippen LogP contribution in [0.4, 0.5) is 5.69 Å². The molecule has 0 bridgehead atoms. The molecule has 0 radical (unpaired) electrons. The smallest absolute Gasteiger partial charge is 0.142 e. The van der Waals surface area contributed by atoms with Crippen LogP contribution in [0, 0.1) is 0 Å². The van der Waals surface area contributed by atoms with Gasteiger partial charge in [0, 0.05) is 33.2 Å². The molecule has 1 saturated heterocycles. The molecule has 1 aromatic carbocycles. The Morgan fingerprint density at radius 2 is 2.00 bits per heavy atom. The molecule has 21 heavy (non-hydrogen) atoms. The van der Waals surface area contributed by atoms with Gasteiger partial charge in [-0.05, 0) is 38.9 Å². The summed E-state index contributed by atoms with van der Waals surface area (Å²) >= 11 is 0. The Hall–Kier alpha value is -1.26. The molecular weight excluding hydrogens is 264 g/mol. The minimum atomic E-state index is -0.137. The fourth-order valence-corrected chi connectivity index (χ4v) is 2.44. The van der Waals surface area contributed by atoms with Crippen molar-refractivity contribution in [1.29, 1.82) is 0 Å². The van der Waals surface area contributed by atoms with Crippen LogP contribution in [0.3, 0.4) is 0 Å². The second-order valence-corrected chi connectivity index (χ2v) is 6.12. The highest BCUT2D eigenvalue weighted by Crippen LogP contribution is 2.29. The topological polar surface area (TPSA) is 33.7 Å². The van der Waals surface area contributed by atoms with Crippen molar-refractivity contribution in [3.05, 3.63) is 24.3 Å². The van der Waals surface area contributed by atoms with E-state index in [1.54, 1.807) is 7.11 Å². The van der Waals surface area contributed by atoms with E-state index in [0.29, 0.717) is 6.61 Å². The predicted molar refractivity (Wildman–Crippen MR) is 87.3 cm³/mol. The average molecular weight is 292 g/mol. The fourth-order valence-electron chi connectivity index (χ4n) is 2.44. The quantitative estimate of drug-likeness (QED) is 0.874. The van der Waals surface area contributed by atoms with Crippen molar-refractivity contribution in [2.75, 3.05) is 44.8 Å². The van der Waals surface area contributed by atoms with Crippen molar-refractivity contribution in [2.24, 2.45) is 0 Å². The highest BCUT2D eigenvalue weighted by Gasteiger charge is 2.18. The van der Waals surface area contributed by atoms with Crippen LogP contribution in [-0.2, 0) is 4.74 Å². The van der Waals surface area contributed by atoms with Gasteiger partial charge in [0.1, 0.15) is 5.75 Å². The molecule has 1 fully saturated rings. The van der Waals surface area contributed by atoms with Crippen molar-refractivity contribution in [1.82, 2.24) is 5.32 Å². The van der Waals surface area contributed by atoms with E-state index in [9.17, 15) is 0 Å². The van der Waals surface area contributed by atoms with Gasteiger partial charge in [0.15, 0.2) is 0 Å². The molecule has 1 N–H and O–H groups in total. The number of ether oxygens (including phenoxy) is 2. The second kappa shape index (κ2) is 7.66. The molecule has 0 atom stereocenters. The highest BCUT2D eigenvalue weighted by atomic mass is 16.5. The number of methoxy groups -OCH3 is 1. The summed E-state index contributed by atoms with van der Waals surface area (Å²) < 4.78 is 11.5. The number of nitrogens with zero attached hydrogens (tertiary/aromatic N) is 1. The van der Waals surface area contributed by atoms with Crippen molar-refractivity contribution >= 4 is 5.69 Å². The maximum atomic E-state index is 6.03. The second-order valence-electron chi connectivity index (χ2n) is 6.12. The van der Waals surface area contributed by atoms with Crippen LogP contribution >= 0.6 is 0 Å². The molecule has 1 heterocycles. The first-order chi connectivity index (χ1) is 10.1. The molecule has 0 spiro atoms. The van der Waals surface area contributed by atoms with Gasteiger partial charge in [0.2, 0.25) is 0 Å². The lowest BCUT2D eigenvalue weighted by molar-refractivity contribution is 0.00549. The molecule has 4 heteroatoms.